The summed E-state index contributed by atoms with van der Waals surface area (Å²) >= 11 is 0. The van der Waals surface area contributed by atoms with Crippen molar-refractivity contribution in [3.05, 3.63) is 17.2 Å². The fourth-order valence-corrected chi connectivity index (χ4v) is 1.73. The third-order valence-corrected chi connectivity index (χ3v) is 2.26. The quantitative estimate of drug-likeness (QED) is 0.672. The van der Waals surface area contributed by atoms with Crippen LogP contribution in [0, 0.1) is 6.92 Å². The molecule has 1 aromatic rings. The summed E-state index contributed by atoms with van der Waals surface area (Å²) < 4.78 is 1.80. The number of aromatic carboxylic acids is 1. The molecule has 64 valence electrons. The molecule has 2 rings (SSSR count). The molecule has 2 heterocycles. The van der Waals surface area contributed by atoms with Crippen LogP contribution in [-0.2, 0) is 13.0 Å². The molecule has 4 heteroatoms. The van der Waals surface area contributed by atoms with Crippen LogP contribution in [0.25, 0.3) is 0 Å². The van der Waals surface area contributed by atoms with Gasteiger partial charge in [0.1, 0.15) is 0 Å². The number of carboxylic acid groups (broad SMARTS) is 1. The van der Waals surface area contributed by atoms with Gasteiger partial charge in [-0.1, -0.05) is 0 Å². The Balaban J connectivity index is 2.58. The lowest BCUT2D eigenvalue weighted by Crippen LogP contribution is -2.07. The third-order valence-electron chi connectivity index (χ3n) is 2.26. The summed E-state index contributed by atoms with van der Waals surface area (Å²) in [6, 6.07) is 0. The van der Waals surface area contributed by atoms with Crippen molar-refractivity contribution in [2.45, 2.75) is 26.3 Å². The normalized spacial score (nSPS) is 14.8. The lowest BCUT2D eigenvalue weighted by atomic mass is 10.2. The van der Waals surface area contributed by atoms with Gasteiger partial charge in [0, 0.05) is 12.2 Å². The van der Waals surface area contributed by atoms with Gasteiger partial charge in [0.2, 0.25) is 5.82 Å². The molecule has 1 aromatic heterocycles. The maximum atomic E-state index is 10.7. The van der Waals surface area contributed by atoms with E-state index in [1.807, 2.05) is 6.92 Å². The van der Waals surface area contributed by atoms with E-state index < -0.39 is 5.97 Å². The first-order valence-electron chi connectivity index (χ1n) is 3.99. The number of rotatable bonds is 1. The van der Waals surface area contributed by atoms with Crippen molar-refractivity contribution in [1.82, 2.24) is 9.55 Å². The Hall–Kier alpha value is -1.32. The van der Waals surface area contributed by atoms with Crippen molar-refractivity contribution in [3.63, 3.8) is 0 Å². The van der Waals surface area contributed by atoms with Gasteiger partial charge in [-0.15, -0.1) is 0 Å². The molecule has 1 aliphatic rings. The monoisotopic (exact) mass is 166 g/mol. The molecule has 0 spiro atoms. The number of carbonyl (C=O) groups is 1. The summed E-state index contributed by atoms with van der Waals surface area (Å²) in [7, 11) is 0. The number of nitrogens with zero attached hydrogens (tertiary/aromatic N) is 2. The second-order valence-electron chi connectivity index (χ2n) is 3.03. The van der Waals surface area contributed by atoms with Gasteiger partial charge in [-0.3, -0.25) is 0 Å². The largest absolute Gasteiger partial charge is 0.475 e. The number of imidazole rings is 1. The van der Waals surface area contributed by atoms with Crippen molar-refractivity contribution in [2.75, 3.05) is 0 Å². The molecule has 0 atom stereocenters. The summed E-state index contributed by atoms with van der Waals surface area (Å²) in [4.78, 5) is 14.7. The summed E-state index contributed by atoms with van der Waals surface area (Å²) in [5.74, 6) is -0.730. The minimum Gasteiger partial charge on any atom is -0.475 e. The number of hydrogen-bond donors (Lipinski definition) is 1. The van der Waals surface area contributed by atoms with Gasteiger partial charge in [-0.05, 0) is 19.8 Å². The maximum Gasteiger partial charge on any atom is 0.372 e. The van der Waals surface area contributed by atoms with Crippen LogP contribution < -0.4 is 0 Å². The van der Waals surface area contributed by atoms with Gasteiger partial charge in [0.25, 0.3) is 0 Å². The Morgan fingerprint density at radius 3 is 3.08 bits per heavy atom. The van der Waals surface area contributed by atoms with Crippen molar-refractivity contribution in [3.8, 4) is 0 Å². The van der Waals surface area contributed by atoms with E-state index in [1.54, 1.807) is 4.57 Å². The smallest absolute Gasteiger partial charge is 0.372 e. The van der Waals surface area contributed by atoms with E-state index in [9.17, 15) is 4.79 Å². The predicted molar refractivity (Wildman–Crippen MR) is 42.2 cm³/mol. The van der Waals surface area contributed by atoms with E-state index in [1.165, 1.54) is 0 Å². The van der Waals surface area contributed by atoms with Crippen molar-refractivity contribution < 1.29 is 9.90 Å². The van der Waals surface area contributed by atoms with Crippen LogP contribution in [0.2, 0.25) is 0 Å². The predicted octanol–water partition coefficient (Wildman–Crippen LogP) is 0.836. The minimum absolute atomic E-state index is 0.194. The highest BCUT2D eigenvalue weighted by molar-refractivity contribution is 5.84. The summed E-state index contributed by atoms with van der Waals surface area (Å²) in [5, 5.41) is 8.78. The van der Waals surface area contributed by atoms with Crippen LogP contribution in [0.15, 0.2) is 0 Å². The number of carboxylic acids is 1. The Labute approximate surface area is 69.8 Å². The Kier molecular flexibility index (Phi) is 1.43. The van der Waals surface area contributed by atoms with E-state index in [4.69, 9.17) is 5.11 Å². The summed E-state index contributed by atoms with van der Waals surface area (Å²) in [6.07, 6.45) is 2.01. The average molecular weight is 166 g/mol. The zero-order chi connectivity index (χ0) is 8.72. The van der Waals surface area contributed by atoms with Crippen molar-refractivity contribution in [2.24, 2.45) is 0 Å². The first-order chi connectivity index (χ1) is 5.70. The second kappa shape index (κ2) is 2.33. The molecule has 0 aliphatic carbocycles. The standard InChI is InChI=1S/C8H10N2O2/c1-5-6-3-2-4-10(6)7(9-5)8(11)12/h2-4H2,1H3,(H,11,12). The number of fused-ring (bicyclic) bond motifs is 1. The molecule has 0 radical (unpaired) electrons. The van der Waals surface area contributed by atoms with Crippen LogP contribution in [0.4, 0.5) is 0 Å². The Morgan fingerprint density at radius 2 is 2.42 bits per heavy atom. The second-order valence-corrected chi connectivity index (χ2v) is 3.03. The lowest BCUT2D eigenvalue weighted by Gasteiger charge is -1.97. The maximum absolute atomic E-state index is 10.7. The molecular weight excluding hydrogens is 156 g/mol. The summed E-state index contributed by atoms with van der Waals surface area (Å²) in [5.41, 5.74) is 1.96. The molecule has 1 aliphatic heterocycles. The van der Waals surface area contributed by atoms with Crippen LogP contribution in [0.1, 0.15) is 28.4 Å². The minimum atomic E-state index is -0.925. The number of hydrogen-bond acceptors (Lipinski definition) is 2. The van der Waals surface area contributed by atoms with E-state index in [0.717, 1.165) is 30.8 Å². The van der Waals surface area contributed by atoms with Crippen LogP contribution >= 0.6 is 0 Å². The van der Waals surface area contributed by atoms with E-state index >= 15 is 0 Å². The highest BCUT2D eigenvalue weighted by Crippen LogP contribution is 2.20. The topological polar surface area (TPSA) is 55.1 Å². The Morgan fingerprint density at radius 1 is 1.67 bits per heavy atom. The fourth-order valence-electron chi connectivity index (χ4n) is 1.73. The zero-order valence-corrected chi connectivity index (χ0v) is 6.87. The number of aryl methyl sites for hydroxylation is 1. The molecule has 0 unspecified atom stereocenters. The fraction of sp³-hybridized carbons (Fsp3) is 0.500. The molecule has 0 bridgehead atoms. The van der Waals surface area contributed by atoms with Crippen LogP contribution in [0.3, 0.4) is 0 Å². The first kappa shape index (κ1) is 7.34. The highest BCUT2D eigenvalue weighted by atomic mass is 16.4. The van der Waals surface area contributed by atoms with Crippen molar-refractivity contribution in [1.29, 1.82) is 0 Å². The summed E-state index contributed by atoms with van der Waals surface area (Å²) in [6.45, 7) is 2.67. The van der Waals surface area contributed by atoms with Gasteiger partial charge in [-0.2, -0.15) is 0 Å². The average Bonchev–Trinajstić information content (AvgIpc) is 2.53. The molecule has 1 N–H and O–H groups in total. The van der Waals surface area contributed by atoms with E-state index in [0.29, 0.717) is 0 Å². The van der Waals surface area contributed by atoms with Gasteiger partial charge < -0.3 is 9.67 Å². The van der Waals surface area contributed by atoms with Crippen molar-refractivity contribution >= 4 is 5.97 Å². The molecule has 0 fully saturated rings. The highest BCUT2D eigenvalue weighted by Gasteiger charge is 2.22. The van der Waals surface area contributed by atoms with Gasteiger partial charge >= 0.3 is 5.97 Å². The SMILES string of the molecule is Cc1nc(C(=O)O)n2c1CCC2. The lowest BCUT2D eigenvalue weighted by molar-refractivity contribution is 0.0678. The molecular formula is C8H10N2O2. The molecule has 0 aromatic carbocycles. The van der Waals surface area contributed by atoms with E-state index in [2.05, 4.69) is 4.98 Å². The third kappa shape index (κ3) is 0.841. The van der Waals surface area contributed by atoms with Gasteiger partial charge in [-0.25, -0.2) is 9.78 Å². The Bertz CT molecular complexity index is 341. The van der Waals surface area contributed by atoms with E-state index in [-0.39, 0.29) is 5.82 Å². The molecule has 0 saturated carbocycles. The molecule has 0 saturated heterocycles. The molecule has 12 heavy (non-hydrogen) atoms. The molecule has 4 nitrogen and oxygen atoms in total. The van der Waals surface area contributed by atoms with Gasteiger partial charge in [0.15, 0.2) is 0 Å². The van der Waals surface area contributed by atoms with Crippen LogP contribution in [-0.4, -0.2) is 20.6 Å². The molecule has 0 amide bonds. The first-order valence-corrected chi connectivity index (χ1v) is 3.99. The van der Waals surface area contributed by atoms with Gasteiger partial charge in [0.05, 0.1) is 5.69 Å². The number of aromatic nitrogens is 2. The van der Waals surface area contributed by atoms with Crippen LogP contribution in [0.5, 0.6) is 0 Å². The zero-order valence-electron chi connectivity index (χ0n) is 6.87.